The molecule has 0 aliphatic rings. The number of carbonyl (C=O) groups is 1. The molecule has 0 saturated heterocycles. The maximum atomic E-state index is 11.1. The number of rotatable bonds is 15. The first-order valence-electron chi connectivity index (χ1n) is 8.78. The summed E-state index contributed by atoms with van der Waals surface area (Å²) in [5, 5.41) is 22.0. The Morgan fingerprint density at radius 1 is 0.880 bits per heavy atom. The van der Waals surface area contributed by atoms with Gasteiger partial charge in [-0.15, -0.1) is 0 Å². The number of allylic oxidation sites excluding steroid dienone is 5. The van der Waals surface area contributed by atoms with Gasteiger partial charge in [0, 0.05) is 12.8 Å². The highest BCUT2D eigenvalue weighted by Gasteiger charge is 2.11. The second-order valence-corrected chi connectivity index (χ2v) is 5.70. The van der Waals surface area contributed by atoms with Crippen LogP contribution in [0.3, 0.4) is 0 Å². The molecule has 0 unspecified atom stereocenters. The molecule has 140 valence electrons. The zero-order valence-electron chi connectivity index (χ0n) is 14.9. The molecule has 0 N–H and O–H groups in total. The molecule has 7 heteroatoms. The van der Waals surface area contributed by atoms with Gasteiger partial charge in [0.1, 0.15) is 6.29 Å². The molecule has 0 bridgehead atoms. The van der Waals surface area contributed by atoms with Gasteiger partial charge in [0.15, 0.2) is 0 Å². The zero-order valence-corrected chi connectivity index (χ0v) is 14.9. The largest absolute Gasteiger partial charge is 0.303 e. The van der Waals surface area contributed by atoms with Gasteiger partial charge in [0.25, 0.3) is 0 Å². The Hall–Kier alpha value is -2.31. The van der Waals surface area contributed by atoms with Gasteiger partial charge in [-0.1, -0.05) is 38.3 Å². The minimum Gasteiger partial charge on any atom is -0.303 e. The molecule has 0 spiro atoms. The third kappa shape index (κ3) is 12.7. The van der Waals surface area contributed by atoms with Gasteiger partial charge >= 0.3 is 0 Å². The summed E-state index contributed by atoms with van der Waals surface area (Å²) in [6, 6.07) is 0. The molecule has 0 aromatic rings. The second-order valence-electron chi connectivity index (χ2n) is 5.70. The van der Waals surface area contributed by atoms with Crippen molar-refractivity contribution >= 4 is 6.29 Å². The first-order valence-corrected chi connectivity index (χ1v) is 8.78. The fourth-order valence-electron chi connectivity index (χ4n) is 2.27. The predicted molar refractivity (Wildman–Crippen MR) is 97.2 cm³/mol. The van der Waals surface area contributed by atoms with E-state index in [1.807, 2.05) is 13.0 Å². The number of nitrogens with zero attached hydrogens (tertiary/aromatic N) is 2. The van der Waals surface area contributed by atoms with E-state index in [2.05, 4.69) is 0 Å². The molecule has 0 aromatic carbocycles. The number of nitro groups is 2. The number of hydrogen-bond donors (Lipinski definition) is 0. The maximum absolute atomic E-state index is 11.1. The molecular formula is C18H28N2O5. The number of hydrogen-bond acceptors (Lipinski definition) is 5. The van der Waals surface area contributed by atoms with E-state index in [0.29, 0.717) is 19.3 Å². The van der Waals surface area contributed by atoms with Gasteiger partial charge in [-0.3, -0.25) is 20.2 Å². The Balaban J connectivity index is 4.42. The van der Waals surface area contributed by atoms with E-state index >= 15 is 0 Å². The summed E-state index contributed by atoms with van der Waals surface area (Å²) in [6.07, 6.45) is 13.9. The molecule has 0 atom stereocenters. The Morgan fingerprint density at radius 2 is 1.48 bits per heavy atom. The molecule has 0 rings (SSSR count). The fraction of sp³-hybridized carbons (Fsp3) is 0.611. The molecule has 25 heavy (non-hydrogen) atoms. The molecule has 0 amide bonds. The van der Waals surface area contributed by atoms with Crippen LogP contribution in [0.15, 0.2) is 35.7 Å². The van der Waals surface area contributed by atoms with Crippen LogP contribution in [0.2, 0.25) is 0 Å². The predicted octanol–water partition coefficient (Wildman–Crippen LogP) is 4.98. The molecule has 0 heterocycles. The highest BCUT2D eigenvalue weighted by molar-refractivity contribution is 5.48. The summed E-state index contributed by atoms with van der Waals surface area (Å²) in [5.41, 5.74) is 0.162. The highest BCUT2D eigenvalue weighted by atomic mass is 16.6. The molecule has 7 nitrogen and oxygen atoms in total. The van der Waals surface area contributed by atoms with Crippen molar-refractivity contribution in [1.82, 2.24) is 0 Å². The summed E-state index contributed by atoms with van der Waals surface area (Å²) >= 11 is 0. The monoisotopic (exact) mass is 352 g/mol. The smallest absolute Gasteiger partial charge is 0.246 e. The summed E-state index contributed by atoms with van der Waals surface area (Å²) in [7, 11) is 0. The molecule has 0 aliphatic heterocycles. The molecule has 0 aliphatic carbocycles. The number of unbranched alkanes of at least 4 members (excludes halogenated alkanes) is 5. The van der Waals surface area contributed by atoms with Gasteiger partial charge in [-0.05, 0) is 37.8 Å². The van der Waals surface area contributed by atoms with Gasteiger partial charge in [0.05, 0.1) is 16.3 Å². The third-order valence-electron chi connectivity index (χ3n) is 3.66. The topological polar surface area (TPSA) is 103 Å². The standard InChI is InChI=1S/C18H28N2O5/c1-2-3-8-12-17(19(22)23)14-11-15-18(20(24)25)13-9-6-4-5-7-10-16-21/h3,8,14-16H,2,4-7,9-13H2,1H3/b8-3-,17-14+,18-15+. The van der Waals surface area contributed by atoms with Gasteiger partial charge in [-0.2, -0.15) is 0 Å². The lowest BCUT2D eigenvalue weighted by molar-refractivity contribution is -0.428. The van der Waals surface area contributed by atoms with Crippen LogP contribution in [0.4, 0.5) is 0 Å². The lowest BCUT2D eigenvalue weighted by Crippen LogP contribution is -2.00. The molecule has 0 aromatic heterocycles. The van der Waals surface area contributed by atoms with Crippen molar-refractivity contribution in [3.8, 4) is 0 Å². The molecule has 0 fully saturated rings. The quantitative estimate of drug-likeness (QED) is 0.136. The average Bonchev–Trinajstić information content (AvgIpc) is 2.57. The van der Waals surface area contributed by atoms with Crippen molar-refractivity contribution in [2.24, 2.45) is 0 Å². The van der Waals surface area contributed by atoms with E-state index < -0.39 is 9.85 Å². The van der Waals surface area contributed by atoms with E-state index in [9.17, 15) is 25.0 Å². The first kappa shape index (κ1) is 22.7. The van der Waals surface area contributed by atoms with Crippen molar-refractivity contribution in [3.63, 3.8) is 0 Å². The molecule has 0 saturated carbocycles. The van der Waals surface area contributed by atoms with Crippen LogP contribution in [-0.2, 0) is 4.79 Å². The van der Waals surface area contributed by atoms with Crippen LogP contribution >= 0.6 is 0 Å². The van der Waals surface area contributed by atoms with Gasteiger partial charge in [0.2, 0.25) is 11.4 Å². The van der Waals surface area contributed by atoms with E-state index in [1.165, 1.54) is 12.2 Å². The number of carbonyl (C=O) groups excluding carboxylic acids is 1. The summed E-state index contributed by atoms with van der Waals surface area (Å²) in [6.45, 7) is 1.94. The molecular weight excluding hydrogens is 324 g/mol. The van der Waals surface area contributed by atoms with Crippen molar-refractivity contribution in [2.45, 2.75) is 71.1 Å². The van der Waals surface area contributed by atoms with E-state index in [1.54, 1.807) is 6.08 Å². The van der Waals surface area contributed by atoms with Crippen LogP contribution in [0.25, 0.3) is 0 Å². The van der Waals surface area contributed by atoms with Gasteiger partial charge < -0.3 is 4.79 Å². The minimum absolute atomic E-state index is 0.0545. The molecule has 0 radical (unpaired) electrons. The third-order valence-corrected chi connectivity index (χ3v) is 3.66. The van der Waals surface area contributed by atoms with Gasteiger partial charge in [-0.25, -0.2) is 0 Å². The summed E-state index contributed by atoms with van der Waals surface area (Å²) < 4.78 is 0. The highest BCUT2D eigenvalue weighted by Crippen LogP contribution is 2.14. The van der Waals surface area contributed by atoms with Crippen molar-refractivity contribution < 1.29 is 14.6 Å². The first-order chi connectivity index (χ1) is 12.0. The van der Waals surface area contributed by atoms with Crippen LogP contribution in [0.1, 0.15) is 71.1 Å². The Labute approximate surface area is 148 Å². The van der Waals surface area contributed by atoms with Crippen LogP contribution in [0.5, 0.6) is 0 Å². The summed E-state index contributed by atoms with van der Waals surface area (Å²) in [4.78, 5) is 31.3. The SMILES string of the molecule is CC/C=C\C/C(=C\C/C=C(\CCCCCCCC=O)[N+](=O)[O-])[N+](=O)[O-]. The van der Waals surface area contributed by atoms with E-state index in [0.717, 1.165) is 38.4 Å². The lowest BCUT2D eigenvalue weighted by Gasteiger charge is -2.00. The van der Waals surface area contributed by atoms with Crippen molar-refractivity contribution in [1.29, 1.82) is 0 Å². The Kier molecular flexibility index (Phi) is 13.8. The van der Waals surface area contributed by atoms with Crippen LogP contribution in [-0.4, -0.2) is 16.1 Å². The minimum atomic E-state index is -0.445. The normalized spacial score (nSPS) is 12.5. The van der Waals surface area contributed by atoms with E-state index in [4.69, 9.17) is 0 Å². The second kappa shape index (κ2) is 15.2. The maximum Gasteiger partial charge on any atom is 0.246 e. The Bertz CT molecular complexity index is 510. The Morgan fingerprint density at radius 3 is 2.08 bits per heavy atom. The van der Waals surface area contributed by atoms with Crippen molar-refractivity contribution in [3.05, 3.63) is 55.9 Å². The van der Waals surface area contributed by atoms with Crippen molar-refractivity contribution in [2.75, 3.05) is 0 Å². The fourth-order valence-corrected chi connectivity index (χ4v) is 2.27. The summed E-state index contributed by atoms with van der Waals surface area (Å²) in [5.74, 6) is 0. The number of aldehydes is 1. The van der Waals surface area contributed by atoms with Crippen LogP contribution in [0, 0.1) is 20.2 Å². The average molecular weight is 352 g/mol. The zero-order chi connectivity index (χ0) is 18.9. The lowest BCUT2D eigenvalue weighted by atomic mass is 10.1. The van der Waals surface area contributed by atoms with Crippen LogP contribution < -0.4 is 0 Å². The van der Waals surface area contributed by atoms with E-state index in [-0.39, 0.29) is 24.2 Å².